The van der Waals surface area contributed by atoms with Crippen LogP contribution >= 0.6 is 0 Å². The van der Waals surface area contributed by atoms with Gasteiger partial charge in [0.2, 0.25) is 0 Å². The third-order valence-electron chi connectivity index (χ3n) is 3.79. The second kappa shape index (κ2) is 5.77. The molecule has 2 N–H and O–H groups in total. The van der Waals surface area contributed by atoms with Crippen LogP contribution in [-0.2, 0) is 6.42 Å². The van der Waals surface area contributed by atoms with Gasteiger partial charge in [-0.25, -0.2) is 19.6 Å². The van der Waals surface area contributed by atoms with Crippen LogP contribution in [0, 0.1) is 5.82 Å². The van der Waals surface area contributed by atoms with E-state index in [1.54, 1.807) is 12.1 Å². The van der Waals surface area contributed by atoms with Crippen molar-refractivity contribution in [1.82, 2.24) is 10.7 Å². The van der Waals surface area contributed by atoms with E-state index in [1.807, 2.05) is 25.1 Å². The molecule has 0 aromatic heterocycles. The van der Waals surface area contributed by atoms with Gasteiger partial charge in [-0.1, -0.05) is 30.3 Å². The van der Waals surface area contributed by atoms with Crippen LogP contribution < -0.4 is 15.8 Å². The van der Waals surface area contributed by atoms with Gasteiger partial charge in [0, 0.05) is 0 Å². The second-order valence-corrected chi connectivity index (χ2v) is 5.67. The van der Waals surface area contributed by atoms with E-state index in [2.05, 4.69) is 22.9 Å². The zero-order valence-corrected chi connectivity index (χ0v) is 12.3. The molecule has 1 atom stereocenters. The van der Waals surface area contributed by atoms with Gasteiger partial charge in [0.25, 0.3) is 0 Å². The number of aryl methyl sites for hydroxylation is 1. The summed E-state index contributed by atoms with van der Waals surface area (Å²) in [6, 6.07) is 15.7. The molecule has 1 fully saturated rings. The molecule has 0 radical (unpaired) electrons. The number of benzene rings is 2. The Labute approximate surface area is 128 Å². The molecular formula is C17H18FN3O. The Morgan fingerprint density at radius 1 is 1.09 bits per heavy atom. The predicted octanol–water partition coefficient (Wildman–Crippen LogP) is 3.21. The molecule has 1 aliphatic rings. The molecule has 4 nitrogen and oxygen atoms in total. The van der Waals surface area contributed by atoms with Crippen molar-refractivity contribution < 1.29 is 9.18 Å². The number of hydrogen-bond acceptors (Lipinski definition) is 2. The number of anilines is 1. The molecule has 0 saturated carbocycles. The largest absolute Gasteiger partial charge is 0.338 e. The molecule has 0 unspecified atom stereocenters. The number of rotatable bonds is 4. The Bertz CT molecular complexity index is 659. The summed E-state index contributed by atoms with van der Waals surface area (Å²) in [6.45, 7) is 1.94. The first-order valence-corrected chi connectivity index (χ1v) is 7.25. The van der Waals surface area contributed by atoms with Crippen LogP contribution in [0.15, 0.2) is 54.6 Å². The van der Waals surface area contributed by atoms with Crippen molar-refractivity contribution in [3.05, 3.63) is 66.0 Å². The monoisotopic (exact) mass is 299 g/mol. The number of halogens is 1. The normalized spacial score (nSPS) is 21.0. The van der Waals surface area contributed by atoms with Gasteiger partial charge < -0.3 is 5.32 Å². The number of carbonyl (C=O) groups is 1. The summed E-state index contributed by atoms with van der Waals surface area (Å²) >= 11 is 0. The molecule has 1 heterocycles. The SMILES string of the molecule is C[C@]1(CCc2ccccc2)NC(=O)N(c2ccc(F)cc2)N1. The predicted molar refractivity (Wildman–Crippen MR) is 83.7 cm³/mol. The van der Waals surface area contributed by atoms with Crippen molar-refractivity contribution in [2.75, 3.05) is 5.01 Å². The molecule has 2 aromatic carbocycles. The molecule has 0 aliphatic carbocycles. The van der Waals surface area contributed by atoms with Gasteiger partial charge in [-0.3, -0.25) is 0 Å². The van der Waals surface area contributed by atoms with Crippen LogP contribution in [0.5, 0.6) is 0 Å². The number of nitrogens with zero attached hydrogens (tertiary/aromatic N) is 1. The Balaban J connectivity index is 1.68. The quantitative estimate of drug-likeness (QED) is 0.910. The standard InChI is InChI=1S/C17H18FN3O/c1-17(12-11-13-5-3-2-4-6-13)19-16(22)21(20-17)15-9-7-14(18)8-10-15/h2-10,20H,11-12H2,1H3,(H,19,22)/t17-/m0/s1. The van der Waals surface area contributed by atoms with Crippen LogP contribution in [-0.4, -0.2) is 11.7 Å². The van der Waals surface area contributed by atoms with Crippen LogP contribution in [0.4, 0.5) is 14.9 Å². The lowest BCUT2D eigenvalue weighted by Gasteiger charge is -2.25. The fraction of sp³-hybridized carbons (Fsp3) is 0.235. The van der Waals surface area contributed by atoms with Crippen molar-refractivity contribution in [2.24, 2.45) is 0 Å². The first kappa shape index (κ1) is 14.5. The van der Waals surface area contributed by atoms with Gasteiger partial charge in [-0.15, -0.1) is 0 Å². The van der Waals surface area contributed by atoms with Gasteiger partial charge in [0.1, 0.15) is 11.5 Å². The molecule has 2 aromatic rings. The lowest BCUT2D eigenvalue weighted by atomic mass is 10.0. The van der Waals surface area contributed by atoms with Crippen LogP contribution in [0.3, 0.4) is 0 Å². The Morgan fingerprint density at radius 2 is 1.77 bits per heavy atom. The zero-order chi connectivity index (χ0) is 15.6. The number of hydrazine groups is 1. The van der Waals surface area contributed by atoms with Gasteiger partial charge in [-0.2, -0.15) is 0 Å². The van der Waals surface area contributed by atoms with E-state index in [0.29, 0.717) is 5.69 Å². The Hall–Kier alpha value is -2.40. The molecule has 0 spiro atoms. The summed E-state index contributed by atoms with van der Waals surface area (Å²) in [5, 5.41) is 4.37. The summed E-state index contributed by atoms with van der Waals surface area (Å²) in [5.74, 6) is -0.324. The van der Waals surface area contributed by atoms with Crippen LogP contribution in [0.25, 0.3) is 0 Å². The summed E-state index contributed by atoms with van der Waals surface area (Å²) in [6.07, 6.45) is 1.60. The van der Waals surface area contributed by atoms with E-state index in [9.17, 15) is 9.18 Å². The maximum Gasteiger partial charge on any atom is 0.338 e. The Morgan fingerprint density at radius 3 is 2.45 bits per heavy atom. The molecule has 5 heteroatoms. The highest BCUT2D eigenvalue weighted by Gasteiger charge is 2.38. The maximum absolute atomic E-state index is 13.0. The average molecular weight is 299 g/mol. The van der Waals surface area contributed by atoms with E-state index in [1.165, 1.54) is 22.7 Å². The van der Waals surface area contributed by atoms with Crippen molar-refractivity contribution in [2.45, 2.75) is 25.4 Å². The summed E-state index contributed by atoms with van der Waals surface area (Å²) in [7, 11) is 0. The van der Waals surface area contributed by atoms with Gasteiger partial charge in [0.05, 0.1) is 5.69 Å². The zero-order valence-electron chi connectivity index (χ0n) is 12.3. The number of nitrogens with one attached hydrogen (secondary N) is 2. The highest BCUT2D eigenvalue weighted by atomic mass is 19.1. The third kappa shape index (κ3) is 3.09. The molecule has 1 saturated heterocycles. The minimum absolute atomic E-state index is 0.234. The van der Waals surface area contributed by atoms with E-state index in [0.717, 1.165) is 12.8 Å². The van der Waals surface area contributed by atoms with Crippen LogP contribution in [0.1, 0.15) is 18.9 Å². The highest BCUT2D eigenvalue weighted by Crippen LogP contribution is 2.22. The second-order valence-electron chi connectivity index (χ2n) is 5.67. The van der Waals surface area contributed by atoms with Gasteiger partial charge in [0.15, 0.2) is 0 Å². The molecule has 22 heavy (non-hydrogen) atoms. The lowest BCUT2D eigenvalue weighted by molar-refractivity contribution is 0.246. The molecule has 3 rings (SSSR count). The molecule has 2 amide bonds. The average Bonchev–Trinajstić information content (AvgIpc) is 2.83. The fourth-order valence-electron chi connectivity index (χ4n) is 2.55. The maximum atomic E-state index is 13.0. The minimum Gasteiger partial charge on any atom is -0.317 e. The van der Waals surface area contributed by atoms with Gasteiger partial charge in [-0.05, 0) is 49.6 Å². The fourth-order valence-corrected chi connectivity index (χ4v) is 2.55. The van der Waals surface area contributed by atoms with E-state index >= 15 is 0 Å². The lowest BCUT2D eigenvalue weighted by Crippen LogP contribution is -2.48. The summed E-state index contributed by atoms with van der Waals surface area (Å²) in [4.78, 5) is 12.1. The summed E-state index contributed by atoms with van der Waals surface area (Å²) < 4.78 is 13.0. The number of amides is 2. The molecule has 1 aliphatic heterocycles. The van der Waals surface area contributed by atoms with Crippen molar-refractivity contribution in [1.29, 1.82) is 0 Å². The highest BCUT2D eigenvalue weighted by molar-refractivity contribution is 5.93. The number of hydrogen-bond donors (Lipinski definition) is 2. The Kier molecular flexibility index (Phi) is 3.81. The minimum atomic E-state index is -0.526. The van der Waals surface area contributed by atoms with E-state index in [4.69, 9.17) is 0 Å². The van der Waals surface area contributed by atoms with Crippen molar-refractivity contribution in [3.63, 3.8) is 0 Å². The van der Waals surface area contributed by atoms with Crippen molar-refractivity contribution >= 4 is 11.7 Å². The van der Waals surface area contributed by atoms with Crippen LogP contribution in [0.2, 0.25) is 0 Å². The summed E-state index contributed by atoms with van der Waals surface area (Å²) in [5.41, 5.74) is 4.48. The molecule has 0 bridgehead atoms. The third-order valence-corrected chi connectivity index (χ3v) is 3.79. The number of urea groups is 1. The van der Waals surface area contributed by atoms with Gasteiger partial charge >= 0.3 is 6.03 Å². The first-order chi connectivity index (χ1) is 10.6. The molecule has 114 valence electrons. The topological polar surface area (TPSA) is 44.4 Å². The number of carbonyl (C=O) groups excluding carboxylic acids is 1. The van der Waals surface area contributed by atoms with E-state index < -0.39 is 5.66 Å². The molecular weight excluding hydrogens is 281 g/mol. The van der Waals surface area contributed by atoms with Crippen molar-refractivity contribution in [3.8, 4) is 0 Å². The first-order valence-electron chi connectivity index (χ1n) is 7.25. The smallest absolute Gasteiger partial charge is 0.317 e. The van der Waals surface area contributed by atoms with E-state index in [-0.39, 0.29) is 11.8 Å².